The molecule has 0 aliphatic heterocycles. The van der Waals surface area contributed by atoms with Crippen LogP contribution in [0.5, 0.6) is 0 Å². The Labute approximate surface area is 94.6 Å². The largest absolute Gasteiger partial charge is 0.292 e. The second-order valence-electron chi connectivity index (χ2n) is 3.33. The van der Waals surface area contributed by atoms with Crippen molar-refractivity contribution in [3.8, 4) is 6.07 Å². The maximum atomic E-state index is 11.2. The maximum Gasteiger partial charge on any atom is 0.203 e. The van der Waals surface area contributed by atoms with Gasteiger partial charge in [0.15, 0.2) is 5.78 Å². The van der Waals surface area contributed by atoms with Gasteiger partial charge in [-0.15, -0.1) is 0 Å². The summed E-state index contributed by atoms with van der Waals surface area (Å²) in [5.41, 5.74) is 4.48. The van der Waals surface area contributed by atoms with E-state index >= 15 is 0 Å². The number of nitrogens with zero attached hydrogens (tertiary/aromatic N) is 2. The highest BCUT2D eigenvalue weighted by Crippen LogP contribution is 2.08. The van der Waals surface area contributed by atoms with E-state index in [0.29, 0.717) is 0 Å². The van der Waals surface area contributed by atoms with Gasteiger partial charge in [-0.05, 0) is 19.1 Å². The van der Waals surface area contributed by atoms with Crippen LogP contribution >= 0.6 is 0 Å². The Morgan fingerprint density at radius 2 is 2.06 bits per heavy atom. The third-order valence-electron chi connectivity index (χ3n) is 2.04. The number of ketones is 1. The van der Waals surface area contributed by atoms with Gasteiger partial charge in [0.25, 0.3) is 0 Å². The van der Waals surface area contributed by atoms with Crippen LogP contribution in [0.4, 0.5) is 5.69 Å². The van der Waals surface area contributed by atoms with Gasteiger partial charge < -0.3 is 0 Å². The fourth-order valence-corrected chi connectivity index (χ4v) is 1.07. The number of benzene rings is 1. The second kappa shape index (κ2) is 5.66. The molecular formula is C12H13N3O. The first-order valence-electron chi connectivity index (χ1n) is 5.01. The van der Waals surface area contributed by atoms with Gasteiger partial charge in [0.05, 0.1) is 5.69 Å². The topological polar surface area (TPSA) is 65.2 Å². The van der Waals surface area contributed by atoms with Crippen molar-refractivity contribution in [2.45, 2.75) is 20.3 Å². The molecule has 1 rings (SSSR count). The molecular weight excluding hydrogens is 202 g/mol. The fourth-order valence-electron chi connectivity index (χ4n) is 1.07. The van der Waals surface area contributed by atoms with Crippen LogP contribution in [0.25, 0.3) is 0 Å². The van der Waals surface area contributed by atoms with Crippen LogP contribution in [-0.4, -0.2) is 11.5 Å². The Morgan fingerprint density at radius 1 is 1.44 bits per heavy atom. The number of Topliss-reactive ketones (excluding diaryl/α,β-unsaturated/α-hetero) is 1. The SMILES string of the molecule is CCC(=O)/C(C#N)=N/Nc1ccc(C)cc1. The Bertz CT molecular complexity index is 440. The number of hydrogen-bond acceptors (Lipinski definition) is 4. The number of carbonyl (C=O) groups excluding carboxylic acids is 1. The van der Waals surface area contributed by atoms with Gasteiger partial charge in [-0.1, -0.05) is 24.6 Å². The average Bonchev–Trinajstić information content (AvgIpc) is 2.31. The standard InChI is InChI=1S/C12H13N3O/c1-3-12(16)11(8-13)15-14-10-6-4-9(2)5-7-10/h4-7,14H,3H2,1-2H3/b15-11+. The Kier molecular flexibility index (Phi) is 4.22. The van der Waals surface area contributed by atoms with E-state index in [0.717, 1.165) is 11.3 Å². The molecule has 0 aliphatic carbocycles. The predicted molar refractivity (Wildman–Crippen MR) is 63.1 cm³/mol. The average molecular weight is 215 g/mol. The molecule has 0 aromatic heterocycles. The first-order valence-corrected chi connectivity index (χ1v) is 5.01. The van der Waals surface area contributed by atoms with E-state index in [-0.39, 0.29) is 17.9 Å². The van der Waals surface area contributed by atoms with E-state index in [1.165, 1.54) is 0 Å². The number of hydrogen-bond donors (Lipinski definition) is 1. The van der Waals surface area contributed by atoms with Crippen molar-refractivity contribution in [1.29, 1.82) is 5.26 Å². The highest BCUT2D eigenvalue weighted by atomic mass is 16.1. The third kappa shape index (κ3) is 3.21. The number of carbonyl (C=O) groups is 1. The predicted octanol–water partition coefficient (Wildman–Crippen LogP) is 2.27. The van der Waals surface area contributed by atoms with Crippen LogP contribution in [-0.2, 0) is 4.79 Å². The first-order chi connectivity index (χ1) is 7.67. The highest BCUT2D eigenvalue weighted by molar-refractivity contribution is 6.46. The Hall–Kier alpha value is -2.15. The minimum absolute atomic E-state index is 0.0944. The molecule has 4 nitrogen and oxygen atoms in total. The Morgan fingerprint density at radius 3 is 2.56 bits per heavy atom. The van der Waals surface area contributed by atoms with Crippen LogP contribution in [0.1, 0.15) is 18.9 Å². The molecule has 1 N–H and O–H groups in total. The van der Waals surface area contributed by atoms with Crippen molar-refractivity contribution in [2.75, 3.05) is 5.43 Å². The second-order valence-corrected chi connectivity index (χ2v) is 3.33. The molecule has 0 saturated heterocycles. The van der Waals surface area contributed by atoms with Crippen LogP contribution in [0.15, 0.2) is 29.4 Å². The molecule has 0 radical (unpaired) electrons. The van der Waals surface area contributed by atoms with E-state index in [1.54, 1.807) is 13.0 Å². The van der Waals surface area contributed by atoms with Crippen molar-refractivity contribution in [2.24, 2.45) is 5.10 Å². The summed E-state index contributed by atoms with van der Waals surface area (Å²) in [4.78, 5) is 11.2. The summed E-state index contributed by atoms with van der Waals surface area (Å²) >= 11 is 0. The number of nitrogens with one attached hydrogen (secondary N) is 1. The van der Waals surface area contributed by atoms with Crippen LogP contribution in [0.2, 0.25) is 0 Å². The van der Waals surface area contributed by atoms with Crippen LogP contribution < -0.4 is 5.43 Å². The van der Waals surface area contributed by atoms with Gasteiger partial charge in [0, 0.05) is 6.42 Å². The third-order valence-corrected chi connectivity index (χ3v) is 2.04. The number of nitriles is 1. The van der Waals surface area contributed by atoms with Gasteiger partial charge in [-0.2, -0.15) is 10.4 Å². The summed E-state index contributed by atoms with van der Waals surface area (Å²) in [5.74, 6) is -0.262. The quantitative estimate of drug-likeness (QED) is 0.619. The van der Waals surface area contributed by atoms with E-state index in [1.807, 2.05) is 31.2 Å². The zero-order valence-corrected chi connectivity index (χ0v) is 9.32. The number of aryl methyl sites for hydroxylation is 1. The van der Waals surface area contributed by atoms with E-state index < -0.39 is 0 Å². The van der Waals surface area contributed by atoms with Crippen molar-refractivity contribution in [3.05, 3.63) is 29.8 Å². The lowest BCUT2D eigenvalue weighted by Crippen LogP contribution is -2.12. The normalized spacial score (nSPS) is 10.7. The first kappa shape index (κ1) is 11.9. The molecule has 16 heavy (non-hydrogen) atoms. The van der Waals surface area contributed by atoms with Gasteiger partial charge in [0.2, 0.25) is 5.71 Å². The molecule has 0 atom stereocenters. The Balaban J connectivity index is 2.75. The van der Waals surface area contributed by atoms with Crippen molar-refractivity contribution >= 4 is 17.2 Å². The monoisotopic (exact) mass is 215 g/mol. The summed E-state index contributed by atoms with van der Waals surface area (Å²) < 4.78 is 0. The van der Waals surface area contributed by atoms with Gasteiger partial charge in [-0.3, -0.25) is 10.2 Å². The summed E-state index contributed by atoms with van der Waals surface area (Å²) in [5, 5.41) is 12.5. The summed E-state index contributed by atoms with van der Waals surface area (Å²) in [6.07, 6.45) is 0.280. The van der Waals surface area contributed by atoms with E-state index in [4.69, 9.17) is 5.26 Å². The molecule has 0 fully saturated rings. The van der Waals surface area contributed by atoms with Crippen molar-refractivity contribution in [1.82, 2.24) is 0 Å². The molecule has 1 aromatic rings. The van der Waals surface area contributed by atoms with E-state index in [9.17, 15) is 4.79 Å². The number of rotatable bonds is 4. The molecule has 4 heteroatoms. The maximum absolute atomic E-state index is 11.2. The summed E-state index contributed by atoms with van der Waals surface area (Å²) in [6.45, 7) is 3.68. The van der Waals surface area contributed by atoms with Crippen LogP contribution in [0, 0.1) is 18.3 Å². The molecule has 0 unspecified atom stereocenters. The summed E-state index contributed by atoms with van der Waals surface area (Å²) in [6, 6.07) is 9.29. The smallest absolute Gasteiger partial charge is 0.203 e. The molecule has 0 aliphatic rings. The van der Waals surface area contributed by atoms with Crippen LogP contribution in [0.3, 0.4) is 0 Å². The molecule has 0 saturated carbocycles. The zero-order chi connectivity index (χ0) is 12.0. The molecule has 0 spiro atoms. The lowest BCUT2D eigenvalue weighted by molar-refractivity contribution is -0.112. The molecule has 0 bridgehead atoms. The summed E-state index contributed by atoms with van der Waals surface area (Å²) in [7, 11) is 0. The zero-order valence-electron chi connectivity index (χ0n) is 9.32. The van der Waals surface area contributed by atoms with Crippen molar-refractivity contribution in [3.63, 3.8) is 0 Å². The molecule has 1 aromatic carbocycles. The van der Waals surface area contributed by atoms with Crippen molar-refractivity contribution < 1.29 is 4.79 Å². The minimum Gasteiger partial charge on any atom is -0.292 e. The number of anilines is 1. The number of hydrazone groups is 1. The van der Waals surface area contributed by atoms with Gasteiger partial charge >= 0.3 is 0 Å². The highest BCUT2D eigenvalue weighted by Gasteiger charge is 2.07. The molecule has 0 heterocycles. The van der Waals surface area contributed by atoms with Gasteiger partial charge in [0.1, 0.15) is 6.07 Å². The molecule has 82 valence electrons. The van der Waals surface area contributed by atoms with E-state index in [2.05, 4.69) is 10.5 Å². The lowest BCUT2D eigenvalue weighted by atomic mass is 10.2. The minimum atomic E-state index is -0.262. The molecule has 0 amide bonds. The lowest BCUT2D eigenvalue weighted by Gasteiger charge is -2.00. The van der Waals surface area contributed by atoms with Gasteiger partial charge in [-0.25, -0.2) is 0 Å². The fraction of sp³-hybridized carbons (Fsp3) is 0.250.